The van der Waals surface area contributed by atoms with Gasteiger partial charge in [0.1, 0.15) is 5.01 Å². The summed E-state index contributed by atoms with van der Waals surface area (Å²) < 4.78 is 0. The SMILES string of the molecule is O=C(O)C1CCC(NCc2nc3c(s2)CC(c2ccccc2)CC3)CC1. The molecule has 5 heteroatoms. The number of nitrogens with one attached hydrogen (secondary N) is 1. The molecule has 2 aromatic rings. The zero-order chi connectivity index (χ0) is 17.9. The van der Waals surface area contributed by atoms with Crippen LogP contribution in [0.15, 0.2) is 30.3 Å². The summed E-state index contributed by atoms with van der Waals surface area (Å²) in [5.41, 5.74) is 2.75. The van der Waals surface area contributed by atoms with Crippen molar-refractivity contribution in [1.29, 1.82) is 0 Å². The first-order chi connectivity index (χ1) is 12.7. The minimum absolute atomic E-state index is 0.143. The normalized spacial score (nSPS) is 25.6. The molecule has 0 saturated heterocycles. The fourth-order valence-electron chi connectivity index (χ4n) is 4.29. The third kappa shape index (κ3) is 3.99. The number of carboxylic acid groups (broad SMARTS) is 1. The van der Waals surface area contributed by atoms with Gasteiger partial charge in [0.05, 0.1) is 11.6 Å². The van der Waals surface area contributed by atoms with Gasteiger partial charge in [0, 0.05) is 17.5 Å². The van der Waals surface area contributed by atoms with Crippen molar-refractivity contribution in [3.63, 3.8) is 0 Å². The third-order valence-electron chi connectivity index (χ3n) is 5.87. The van der Waals surface area contributed by atoms with Crippen molar-refractivity contribution in [3.05, 3.63) is 51.5 Å². The number of fused-ring (bicyclic) bond motifs is 1. The highest BCUT2D eigenvalue weighted by Gasteiger charge is 2.27. The van der Waals surface area contributed by atoms with Gasteiger partial charge >= 0.3 is 5.97 Å². The molecule has 1 unspecified atom stereocenters. The first-order valence-electron chi connectivity index (χ1n) is 9.67. The zero-order valence-corrected chi connectivity index (χ0v) is 15.8. The topological polar surface area (TPSA) is 62.2 Å². The molecule has 1 atom stereocenters. The van der Waals surface area contributed by atoms with E-state index in [9.17, 15) is 4.79 Å². The van der Waals surface area contributed by atoms with Crippen LogP contribution in [0.3, 0.4) is 0 Å². The second-order valence-electron chi connectivity index (χ2n) is 7.60. The number of aromatic nitrogens is 1. The summed E-state index contributed by atoms with van der Waals surface area (Å²) in [6, 6.07) is 11.3. The van der Waals surface area contributed by atoms with Gasteiger partial charge < -0.3 is 10.4 Å². The molecule has 2 N–H and O–H groups in total. The number of hydrogen-bond acceptors (Lipinski definition) is 4. The molecular formula is C21H26N2O2S. The fourth-order valence-corrected chi connectivity index (χ4v) is 5.44. The molecule has 2 aliphatic carbocycles. The molecule has 4 nitrogen and oxygen atoms in total. The molecule has 26 heavy (non-hydrogen) atoms. The van der Waals surface area contributed by atoms with Gasteiger partial charge in [-0.3, -0.25) is 4.79 Å². The molecule has 4 rings (SSSR count). The van der Waals surface area contributed by atoms with Crippen molar-refractivity contribution in [2.24, 2.45) is 5.92 Å². The molecule has 0 radical (unpaired) electrons. The van der Waals surface area contributed by atoms with Crippen LogP contribution in [-0.4, -0.2) is 22.1 Å². The van der Waals surface area contributed by atoms with Crippen molar-refractivity contribution in [2.75, 3.05) is 0 Å². The number of benzene rings is 1. The van der Waals surface area contributed by atoms with Crippen molar-refractivity contribution in [3.8, 4) is 0 Å². The lowest BCUT2D eigenvalue weighted by molar-refractivity contribution is -0.142. The lowest BCUT2D eigenvalue weighted by atomic mass is 9.85. The van der Waals surface area contributed by atoms with Gasteiger partial charge in [0.25, 0.3) is 0 Å². The van der Waals surface area contributed by atoms with Gasteiger partial charge in [-0.2, -0.15) is 0 Å². The van der Waals surface area contributed by atoms with E-state index in [4.69, 9.17) is 10.1 Å². The number of thiazole rings is 1. The Bertz CT molecular complexity index is 751. The Morgan fingerprint density at radius 2 is 1.92 bits per heavy atom. The van der Waals surface area contributed by atoms with E-state index in [-0.39, 0.29) is 5.92 Å². The maximum Gasteiger partial charge on any atom is 0.306 e. The van der Waals surface area contributed by atoms with E-state index in [2.05, 4.69) is 35.6 Å². The molecule has 138 valence electrons. The van der Waals surface area contributed by atoms with Crippen LogP contribution >= 0.6 is 11.3 Å². The number of aliphatic carboxylic acids is 1. The van der Waals surface area contributed by atoms with E-state index in [1.54, 1.807) is 0 Å². The van der Waals surface area contributed by atoms with E-state index >= 15 is 0 Å². The Morgan fingerprint density at radius 1 is 1.15 bits per heavy atom. The number of rotatable bonds is 5. The molecule has 1 saturated carbocycles. The largest absolute Gasteiger partial charge is 0.481 e. The van der Waals surface area contributed by atoms with Gasteiger partial charge in [0.2, 0.25) is 0 Å². The Kier molecular flexibility index (Phi) is 5.36. The summed E-state index contributed by atoms with van der Waals surface area (Å²) in [7, 11) is 0. The Labute approximate surface area is 158 Å². The number of carbonyl (C=O) groups is 1. The van der Waals surface area contributed by atoms with E-state index in [0.29, 0.717) is 12.0 Å². The number of aryl methyl sites for hydroxylation is 1. The smallest absolute Gasteiger partial charge is 0.306 e. The maximum atomic E-state index is 11.1. The van der Waals surface area contributed by atoms with Gasteiger partial charge in [0.15, 0.2) is 0 Å². The molecule has 1 fully saturated rings. The molecule has 1 heterocycles. The molecule has 0 bridgehead atoms. The molecule has 0 spiro atoms. The summed E-state index contributed by atoms with van der Waals surface area (Å²) >= 11 is 1.86. The first kappa shape index (κ1) is 17.7. The monoisotopic (exact) mass is 370 g/mol. The maximum absolute atomic E-state index is 11.1. The lowest BCUT2D eigenvalue weighted by Gasteiger charge is -2.26. The minimum atomic E-state index is -0.635. The van der Waals surface area contributed by atoms with E-state index in [1.807, 2.05) is 11.3 Å². The van der Waals surface area contributed by atoms with E-state index in [1.165, 1.54) is 27.6 Å². The first-order valence-corrected chi connectivity index (χ1v) is 10.5. The highest BCUT2D eigenvalue weighted by atomic mass is 32.1. The molecule has 1 aromatic carbocycles. The standard InChI is InChI=1S/C21H26N2O2S/c24-21(25)15-6-9-17(10-7-15)22-13-20-23-18-11-8-16(12-19(18)26-20)14-4-2-1-3-5-14/h1-5,15-17,22H,6-13H2,(H,24,25). The predicted octanol–water partition coefficient (Wildman–Crippen LogP) is 4.15. The van der Waals surface area contributed by atoms with Crippen molar-refractivity contribution < 1.29 is 9.90 Å². The molecule has 1 aromatic heterocycles. The van der Waals surface area contributed by atoms with E-state index in [0.717, 1.165) is 45.1 Å². The van der Waals surface area contributed by atoms with Crippen LogP contribution < -0.4 is 5.32 Å². The number of carboxylic acids is 1. The summed E-state index contributed by atoms with van der Waals surface area (Å²) in [6.45, 7) is 0.816. The molecule has 0 amide bonds. The quantitative estimate of drug-likeness (QED) is 0.830. The van der Waals surface area contributed by atoms with Crippen LogP contribution in [0.1, 0.15) is 59.2 Å². The predicted molar refractivity (Wildman–Crippen MR) is 104 cm³/mol. The van der Waals surface area contributed by atoms with Gasteiger partial charge in [-0.1, -0.05) is 30.3 Å². The average Bonchev–Trinajstić information content (AvgIpc) is 3.09. The Morgan fingerprint density at radius 3 is 2.65 bits per heavy atom. The summed E-state index contributed by atoms with van der Waals surface area (Å²) in [5, 5.41) is 13.9. The van der Waals surface area contributed by atoms with Gasteiger partial charge in [-0.05, 0) is 56.4 Å². The summed E-state index contributed by atoms with van der Waals surface area (Å²) in [5.74, 6) is -0.157. The fraction of sp³-hybridized carbons (Fsp3) is 0.524. The lowest BCUT2D eigenvalue weighted by Crippen LogP contribution is -2.34. The minimum Gasteiger partial charge on any atom is -0.481 e. The van der Waals surface area contributed by atoms with Crippen molar-refractivity contribution >= 4 is 17.3 Å². The average molecular weight is 371 g/mol. The summed E-state index contributed by atoms with van der Waals surface area (Å²) in [6.07, 6.45) is 6.87. The van der Waals surface area contributed by atoms with Crippen LogP contribution in [0.2, 0.25) is 0 Å². The highest BCUT2D eigenvalue weighted by molar-refractivity contribution is 7.11. The van der Waals surface area contributed by atoms with Gasteiger partial charge in [-0.25, -0.2) is 4.98 Å². The van der Waals surface area contributed by atoms with Crippen LogP contribution in [0.4, 0.5) is 0 Å². The molecule has 2 aliphatic rings. The second kappa shape index (κ2) is 7.89. The van der Waals surface area contributed by atoms with E-state index < -0.39 is 5.97 Å². The van der Waals surface area contributed by atoms with Gasteiger partial charge in [-0.15, -0.1) is 11.3 Å². The molecular weight excluding hydrogens is 344 g/mol. The highest BCUT2D eigenvalue weighted by Crippen LogP contribution is 2.35. The number of hydrogen-bond donors (Lipinski definition) is 2. The molecule has 0 aliphatic heterocycles. The second-order valence-corrected chi connectivity index (χ2v) is 8.76. The van der Waals surface area contributed by atoms with Crippen LogP contribution in [0, 0.1) is 5.92 Å². The van der Waals surface area contributed by atoms with Crippen molar-refractivity contribution in [2.45, 2.75) is 63.5 Å². The van der Waals surface area contributed by atoms with Crippen LogP contribution in [0.5, 0.6) is 0 Å². The number of nitrogens with zero attached hydrogens (tertiary/aromatic N) is 1. The Hall–Kier alpha value is -1.72. The Balaban J connectivity index is 1.32. The van der Waals surface area contributed by atoms with Crippen LogP contribution in [-0.2, 0) is 24.2 Å². The summed E-state index contributed by atoms with van der Waals surface area (Å²) in [4.78, 5) is 17.4. The zero-order valence-electron chi connectivity index (χ0n) is 15.0. The van der Waals surface area contributed by atoms with Crippen LogP contribution in [0.25, 0.3) is 0 Å². The third-order valence-corrected chi connectivity index (χ3v) is 6.99. The van der Waals surface area contributed by atoms with Crippen molar-refractivity contribution in [1.82, 2.24) is 10.3 Å².